The minimum Gasteiger partial charge on any atom is -0.103 e. The van der Waals surface area contributed by atoms with Crippen molar-refractivity contribution in [1.29, 1.82) is 0 Å². The van der Waals surface area contributed by atoms with Gasteiger partial charge in [-0.15, -0.1) is 5.70 Å². The summed E-state index contributed by atoms with van der Waals surface area (Å²) in [6, 6.07) is 1.31. The first-order chi connectivity index (χ1) is 3.91. The first-order valence-corrected chi connectivity index (χ1v) is 4.58. The minimum absolute atomic E-state index is 1.04. The van der Waals surface area contributed by atoms with E-state index >= 15 is 0 Å². The molecule has 0 aliphatic carbocycles. The lowest BCUT2D eigenvalue weighted by Crippen LogP contribution is -1.76. The molecule has 0 fully saturated rings. The fourth-order valence-corrected chi connectivity index (χ4v) is 1.02. The molecule has 0 aromatic rings. The number of rotatable bonds is 4. The molecule has 0 amide bonds. The maximum absolute atomic E-state index is 2.30. The molecule has 0 aromatic heterocycles. The molecule has 0 rings (SSSR count). The third-order valence-corrected chi connectivity index (χ3v) is 1.77. The fraction of sp³-hybridized carbons (Fsp3) is 0.714. The standard InChI is InChI=1S/C7H14Si/c1-3-5-6-7-8-4-2/h6-7H,3-5H2,1-2H3/b7-6+. The molecule has 0 aliphatic heterocycles. The Morgan fingerprint density at radius 1 is 1.38 bits per heavy atom. The molecule has 2 radical (unpaired) electrons. The van der Waals surface area contributed by atoms with Gasteiger partial charge in [-0.05, 0) is 6.42 Å². The first kappa shape index (κ1) is 7.96. The van der Waals surface area contributed by atoms with Gasteiger partial charge in [-0.3, -0.25) is 0 Å². The van der Waals surface area contributed by atoms with Gasteiger partial charge in [0.05, 0.1) is 9.52 Å². The summed E-state index contributed by atoms with van der Waals surface area (Å²) in [6.07, 6.45) is 4.82. The lowest BCUT2D eigenvalue weighted by Gasteiger charge is -1.82. The van der Waals surface area contributed by atoms with Gasteiger partial charge in [0.25, 0.3) is 0 Å². The van der Waals surface area contributed by atoms with Crippen LogP contribution in [0.5, 0.6) is 0 Å². The van der Waals surface area contributed by atoms with Crippen LogP contribution in [0.2, 0.25) is 6.04 Å². The summed E-state index contributed by atoms with van der Waals surface area (Å²) >= 11 is 0. The predicted molar refractivity (Wildman–Crippen MR) is 40.3 cm³/mol. The molecule has 0 heterocycles. The number of allylic oxidation sites excluding steroid dienone is 1. The Morgan fingerprint density at radius 3 is 2.62 bits per heavy atom. The van der Waals surface area contributed by atoms with Crippen molar-refractivity contribution >= 4 is 9.52 Å². The maximum Gasteiger partial charge on any atom is 0.0696 e. The summed E-state index contributed by atoms with van der Waals surface area (Å²) < 4.78 is 0. The number of hydrogen-bond donors (Lipinski definition) is 0. The number of hydrogen-bond acceptors (Lipinski definition) is 0. The van der Waals surface area contributed by atoms with Crippen molar-refractivity contribution in [2.45, 2.75) is 32.7 Å². The van der Waals surface area contributed by atoms with Crippen LogP contribution in [0, 0.1) is 0 Å². The minimum atomic E-state index is 1.04. The smallest absolute Gasteiger partial charge is 0.0696 e. The van der Waals surface area contributed by atoms with Crippen LogP contribution < -0.4 is 0 Å². The SMILES string of the molecule is CCC/C=C/[Si]CC. The molecule has 46 valence electrons. The Balaban J connectivity index is 2.83. The van der Waals surface area contributed by atoms with Gasteiger partial charge < -0.3 is 0 Å². The summed E-state index contributed by atoms with van der Waals surface area (Å²) in [5.41, 5.74) is 2.30. The van der Waals surface area contributed by atoms with Gasteiger partial charge in [0.15, 0.2) is 0 Å². The normalized spacial score (nSPS) is 10.8. The fourth-order valence-electron chi connectivity index (χ4n) is 0.451. The Kier molecular flexibility index (Phi) is 6.92. The van der Waals surface area contributed by atoms with Crippen molar-refractivity contribution in [3.8, 4) is 0 Å². The molecular weight excluding hydrogens is 112 g/mol. The average Bonchev–Trinajstić information content (AvgIpc) is 1.81. The third-order valence-electron chi connectivity index (χ3n) is 0.895. The summed E-state index contributed by atoms with van der Waals surface area (Å²) in [4.78, 5) is 0. The van der Waals surface area contributed by atoms with Gasteiger partial charge in [0, 0.05) is 0 Å². The maximum atomic E-state index is 2.30. The van der Waals surface area contributed by atoms with Gasteiger partial charge >= 0.3 is 0 Å². The average molecular weight is 126 g/mol. The van der Waals surface area contributed by atoms with Gasteiger partial charge in [-0.2, -0.15) is 0 Å². The van der Waals surface area contributed by atoms with Crippen molar-refractivity contribution in [3.63, 3.8) is 0 Å². The molecule has 0 atom stereocenters. The highest BCUT2D eigenvalue weighted by atomic mass is 28.2. The largest absolute Gasteiger partial charge is 0.103 e. The predicted octanol–water partition coefficient (Wildman–Crippen LogP) is 2.44. The van der Waals surface area contributed by atoms with E-state index in [0.29, 0.717) is 0 Å². The van der Waals surface area contributed by atoms with Crippen LogP contribution in [-0.2, 0) is 0 Å². The van der Waals surface area contributed by atoms with E-state index in [1.54, 1.807) is 0 Å². The molecule has 0 N–H and O–H groups in total. The van der Waals surface area contributed by atoms with E-state index in [1.165, 1.54) is 18.9 Å². The van der Waals surface area contributed by atoms with Gasteiger partial charge in [0.1, 0.15) is 0 Å². The van der Waals surface area contributed by atoms with E-state index < -0.39 is 0 Å². The molecule has 0 aliphatic rings. The van der Waals surface area contributed by atoms with E-state index in [0.717, 1.165) is 9.52 Å². The summed E-state index contributed by atoms with van der Waals surface area (Å²) in [7, 11) is 1.04. The van der Waals surface area contributed by atoms with Crippen molar-refractivity contribution in [2.24, 2.45) is 0 Å². The lowest BCUT2D eigenvalue weighted by atomic mass is 10.3. The zero-order valence-corrected chi connectivity index (χ0v) is 6.78. The van der Waals surface area contributed by atoms with Crippen molar-refractivity contribution < 1.29 is 0 Å². The molecule has 0 saturated heterocycles. The number of unbranched alkanes of at least 4 members (excludes halogenated alkanes) is 1. The highest BCUT2D eigenvalue weighted by Crippen LogP contribution is 1.87. The topological polar surface area (TPSA) is 0 Å². The van der Waals surface area contributed by atoms with Gasteiger partial charge in [0.2, 0.25) is 0 Å². The second-order valence-electron chi connectivity index (χ2n) is 1.75. The van der Waals surface area contributed by atoms with Crippen LogP contribution in [-0.4, -0.2) is 9.52 Å². The molecular formula is C7H14Si. The third kappa shape index (κ3) is 5.96. The molecule has 0 bridgehead atoms. The van der Waals surface area contributed by atoms with E-state index in [-0.39, 0.29) is 0 Å². The van der Waals surface area contributed by atoms with Crippen LogP contribution in [0.1, 0.15) is 26.7 Å². The van der Waals surface area contributed by atoms with Crippen molar-refractivity contribution in [3.05, 3.63) is 11.8 Å². The zero-order chi connectivity index (χ0) is 6.24. The second kappa shape index (κ2) is 6.96. The van der Waals surface area contributed by atoms with Crippen LogP contribution in [0.4, 0.5) is 0 Å². The van der Waals surface area contributed by atoms with E-state index in [1.807, 2.05) is 0 Å². The van der Waals surface area contributed by atoms with Crippen LogP contribution in [0.15, 0.2) is 11.8 Å². The van der Waals surface area contributed by atoms with Crippen LogP contribution in [0.25, 0.3) is 0 Å². The Labute approximate surface area is 54.8 Å². The molecule has 0 nitrogen and oxygen atoms in total. The summed E-state index contributed by atoms with van der Waals surface area (Å²) in [5, 5.41) is 0. The first-order valence-electron chi connectivity index (χ1n) is 3.30. The highest BCUT2D eigenvalue weighted by Gasteiger charge is 1.73. The molecule has 0 unspecified atom stereocenters. The Bertz CT molecular complexity index is 49.4. The van der Waals surface area contributed by atoms with Crippen molar-refractivity contribution in [1.82, 2.24) is 0 Å². The second-order valence-corrected chi connectivity index (χ2v) is 3.20. The molecule has 1 heteroatoms. The van der Waals surface area contributed by atoms with E-state index in [4.69, 9.17) is 0 Å². The van der Waals surface area contributed by atoms with E-state index in [2.05, 4.69) is 25.6 Å². The van der Waals surface area contributed by atoms with Crippen LogP contribution >= 0.6 is 0 Å². The highest BCUT2D eigenvalue weighted by molar-refractivity contribution is 6.41. The molecule has 0 saturated carbocycles. The Morgan fingerprint density at radius 2 is 2.12 bits per heavy atom. The zero-order valence-electron chi connectivity index (χ0n) is 5.78. The summed E-state index contributed by atoms with van der Waals surface area (Å²) in [6.45, 7) is 4.42. The molecule has 0 aromatic carbocycles. The summed E-state index contributed by atoms with van der Waals surface area (Å²) in [5.74, 6) is 0. The molecule has 8 heavy (non-hydrogen) atoms. The monoisotopic (exact) mass is 126 g/mol. The van der Waals surface area contributed by atoms with Gasteiger partial charge in [-0.25, -0.2) is 0 Å². The Hall–Kier alpha value is -0.0431. The quantitative estimate of drug-likeness (QED) is 0.508. The lowest BCUT2D eigenvalue weighted by molar-refractivity contribution is 0.960. The molecule has 0 spiro atoms. The van der Waals surface area contributed by atoms with Crippen molar-refractivity contribution in [2.75, 3.05) is 0 Å². The van der Waals surface area contributed by atoms with Crippen LogP contribution in [0.3, 0.4) is 0 Å². The van der Waals surface area contributed by atoms with Gasteiger partial charge in [-0.1, -0.05) is 32.4 Å². The van der Waals surface area contributed by atoms with E-state index in [9.17, 15) is 0 Å².